The predicted octanol–water partition coefficient (Wildman–Crippen LogP) is 5.90. The van der Waals surface area contributed by atoms with Crippen LogP contribution in [0.4, 0.5) is 4.39 Å². The third kappa shape index (κ3) is 4.82. The average Bonchev–Trinajstić information content (AvgIpc) is 3.18. The smallest absolute Gasteiger partial charge is 0.196 e. The van der Waals surface area contributed by atoms with E-state index >= 15 is 0 Å². The molecular formula is C22H24ClFN4S. The molecule has 152 valence electrons. The molecule has 1 aromatic heterocycles. The number of rotatable bonds is 6. The Morgan fingerprint density at radius 2 is 1.69 bits per heavy atom. The molecule has 29 heavy (non-hydrogen) atoms. The molecule has 0 amide bonds. The highest BCUT2D eigenvalue weighted by molar-refractivity contribution is 7.98. The van der Waals surface area contributed by atoms with E-state index in [0.717, 1.165) is 40.5 Å². The first-order valence-corrected chi connectivity index (χ1v) is 11.3. The van der Waals surface area contributed by atoms with Crippen LogP contribution in [0.3, 0.4) is 0 Å². The van der Waals surface area contributed by atoms with Crippen molar-refractivity contribution in [3.8, 4) is 5.69 Å². The van der Waals surface area contributed by atoms with Gasteiger partial charge in [-0.15, -0.1) is 10.2 Å². The van der Waals surface area contributed by atoms with Gasteiger partial charge in [0.2, 0.25) is 0 Å². The molecule has 0 aliphatic carbocycles. The Labute approximate surface area is 180 Å². The monoisotopic (exact) mass is 430 g/mol. The molecule has 1 aliphatic heterocycles. The van der Waals surface area contributed by atoms with E-state index in [0.29, 0.717) is 0 Å². The number of hydrogen-bond acceptors (Lipinski definition) is 4. The number of aromatic nitrogens is 3. The van der Waals surface area contributed by atoms with Gasteiger partial charge in [0.25, 0.3) is 0 Å². The van der Waals surface area contributed by atoms with Crippen LogP contribution in [0.25, 0.3) is 5.69 Å². The number of hydrogen-bond donors (Lipinski definition) is 0. The van der Waals surface area contributed by atoms with Gasteiger partial charge in [-0.2, -0.15) is 0 Å². The second-order valence-corrected chi connectivity index (χ2v) is 8.72. The molecular weight excluding hydrogens is 407 g/mol. The minimum atomic E-state index is -0.247. The lowest BCUT2D eigenvalue weighted by atomic mass is 10.1. The average molecular weight is 431 g/mol. The van der Waals surface area contributed by atoms with Gasteiger partial charge in [0.05, 0.1) is 6.04 Å². The molecule has 0 radical (unpaired) electrons. The van der Waals surface area contributed by atoms with Gasteiger partial charge in [-0.1, -0.05) is 41.9 Å². The molecule has 1 unspecified atom stereocenters. The molecule has 2 heterocycles. The summed E-state index contributed by atoms with van der Waals surface area (Å²) < 4.78 is 15.6. The van der Waals surface area contributed by atoms with Crippen molar-refractivity contribution < 1.29 is 4.39 Å². The fourth-order valence-electron chi connectivity index (χ4n) is 3.68. The van der Waals surface area contributed by atoms with Gasteiger partial charge in [0.1, 0.15) is 5.82 Å². The molecule has 1 fully saturated rings. The fraction of sp³-hybridized carbons (Fsp3) is 0.364. The molecule has 2 aromatic carbocycles. The normalized spacial score (nSPS) is 16.1. The molecule has 0 bridgehead atoms. The lowest BCUT2D eigenvalue weighted by molar-refractivity contribution is 0.167. The highest BCUT2D eigenvalue weighted by atomic mass is 35.5. The van der Waals surface area contributed by atoms with Crippen molar-refractivity contribution in [3.63, 3.8) is 0 Å². The van der Waals surface area contributed by atoms with Crippen LogP contribution in [-0.2, 0) is 5.75 Å². The fourth-order valence-corrected chi connectivity index (χ4v) is 4.72. The van der Waals surface area contributed by atoms with E-state index in [4.69, 9.17) is 11.6 Å². The summed E-state index contributed by atoms with van der Waals surface area (Å²) in [7, 11) is 0. The summed E-state index contributed by atoms with van der Waals surface area (Å²) >= 11 is 7.61. The van der Waals surface area contributed by atoms with Gasteiger partial charge >= 0.3 is 0 Å². The molecule has 0 saturated carbocycles. The number of nitrogens with zero attached hydrogens (tertiary/aromatic N) is 4. The first kappa shape index (κ1) is 20.4. The molecule has 1 aliphatic rings. The molecule has 7 heteroatoms. The number of likely N-dealkylation sites (tertiary alicyclic amines) is 1. The van der Waals surface area contributed by atoms with E-state index in [1.165, 1.54) is 37.0 Å². The maximum atomic E-state index is 13.5. The summed E-state index contributed by atoms with van der Waals surface area (Å²) in [6.07, 6.45) is 3.72. The van der Waals surface area contributed by atoms with E-state index in [1.807, 2.05) is 24.3 Å². The Balaban J connectivity index is 1.64. The van der Waals surface area contributed by atoms with Crippen molar-refractivity contribution >= 4 is 23.4 Å². The van der Waals surface area contributed by atoms with E-state index in [2.05, 4.69) is 26.6 Å². The zero-order valence-corrected chi connectivity index (χ0v) is 18.0. The van der Waals surface area contributed by atoms with Crippen molar-refractivity contribution in [2.45, 2.75) is 43.1 Å². The second-order valence-electron chi connectivity index (χ2n) is 7.34. The lowest BCUT2D eigenvalue weighted by Gasteiger charge is -2.31. The summed E-state index contributed by atoms with van der Waals surface area (Å²) in [6.45, 7) is 4.33. The van der Waals surface area contributed by atoms with Crippen LogP contribution in [0.5, 0.6) is 0 Å². The molecule has 4 nitrogen and oxygen atoms in total. The standard InChI is InChI=1S/C22H24ClFN4S/c1-16(27-13-3-2-4-14-27)21-25-26-22(28(21)20-11-9-19(24)10-12-20)29-15-17-5-7-18(23)8-6-17/h5-12,16H,2-4,13-15H2,1H3. The van der Waals surface area contributed by atoms with Crippen LogP contribution in [-0.4, -0.2) is 32.8 Å². The minimum Gasteiger partial charge on any atom is -0.294 e. The molecule has 1 saturated heterocycles. The summed E-state index contributed by atoms with van der Waals surface area (Å²) in [6, 6.07) is 14.5. The highest BCUT2D eigenvalue weighted by Gasteiger charge is 2.25. The Bertz CT molecular complexity index is 936. The second kappa shape index (κ2) is 9.28. The Kier molecular flexibility index (Phi) is 6.53. The van der Waals surface area contributed by atoms with Crippen molar-refractivity contribution in [1.29, 1.82) is 0 Å². The predicted molar refractivity (Wildman–Crippen MR) is 116 cm³/mol. The Hall–Kier alpha value is -1.89. The first-order valence-electron chi connectivity index (χ1n) is 9.94. The van der Waals surface area contributed by atoms with Crippen LogP contribution in [0.2, 0.25) is 5.02 Å². The highest BCUT2D eigenvalue weighted by Crippen LogP contribution is 2.31. The van der Waals surface area contributed by atoms with Crippen LogP contribution >= 0.6 is 23.4 Å². The Morgan fingerprint density at radius 1 is 1.00 bits per heavy atom. The maximum absolute atomic E-state index is 13.5. The van der Waals surface area contributed by atoms with Gasteiger partial charge in [0.15, 0.2) is 11.0 Å². The largest absolute Gasteiger partial charge is 0.294 e. The van der Waals surface area contributed by atoms with Gasteiger partial charge in [-0.05, 0) is 74.8 Å². The summed E-state index contributed by atoms with van der Waals surface area (Å²) in [5.74, 6) is 1.41. The van der Waals surface area contributed by atoms with Crippen molar-refractivity contribution in [1.82, 2.24) is 19.7 Å². The van der Waals surface area contributed by atoms with E-state index < -0.39 is 0 Å². The van der Waals surface area contributed by atoms with Crippen LogP contribution in [0.15, 0.2) is 53.7 Å². The zero-order chi connectivity index (χ0) is 20.2. The minimum absolute atomic E-state index is 0.151. The molecule has 3 aromatic rings. The number of halogens is 2. The van der Waals surface area contributed by atoms with E-state index in [-0.39, 0.29) is 11.9 Å². The Morgan fingerprint density at radius 3 is 2.38 bits per heavy atom. The summed E-state index contributed by atoms with van der Waals surface area (Å²) in [4.78, 5) is 2.46. The summed E-state index contributed by atoms with van der Waals surface area (Å²) in [5, 5.41) is 10.6. The number of benzene rings is 2. The van der Waals surface area contributed by atoms with E-state index in [1.54, 1.807) is 23.9 Å². The van der Waals surface area contributed by atoms with Crippen LogP contribution in [0.1, 0.15) is 43.6 Å². The van der Waals surface area contributed by atoms with Crippen molar-refractivity contribution in [3.05, 3.63) is 70.8 Å². The van der Waals surface area contributed by atoms with Gasteiger partial charge in [-0.25, -0.2) is 4.39 Å². The summed E-state index contributed by atoms with van der Waals surface area (Å²) in [5.41, 5.74) is 2.05. The van der Waals surface area contributed by atoms with Gasteiger partial charge in [-0.3, -0.25) is 9.47 Å². The zero-order valence-electron chi connectivity index (χ0n) is 16.4. The topological polar surface area (TPSA) is 34.0 Å². The maximum Gasteiger partial charge on any atom is 0.196 e. The quantitative estimate of drug-likeness (QED) is 0.456. The van der Waals surface area contributed by atoms with Gasteiger partial charge < -0.3 is 0 Å². The first-order chi connectivity index (χ1) is 14.1. The third-order valence-corrected chi connectivity index (χ3v) is 6.59. The van der Waals surface area contributed by atoms with Crippen molar-refractivity contribution in [2.75, 3.05) is 13.1 Å². The lowest BCUT2D eigenvalue weighted by Crippen LogP contribution is -2.33. The third-order valence-electron chi connectivity index (χ3n) is 5.34. The van der Waals surface area contributed by atoms with Crippen LogP contribution < -0.4 is 0 Å². The van der Waals surface area contributed by atoms with E-state index in [9.17, 15) is 4.39 Å². The van der Waals surface area contributed by atoms with Gasteiger partial charge in [0, 0.05) is 16.5 Å². The van der Waals surface area contributed by atoms with Crippen LogP contribution in [0, 0.1) is 5.82 Å². The van der Waals surface area contributed by atoms with Crippen molar-refractivity contribution in [2.24, 2.45) is 0 Å². The molecule has 0 spiro atoms. The molecule has 0 N–H and O–H groups in total. The molecule has 1 atom stereocenters. The number of thioether (sulfide) groups is 1. The number of piperidine rings is 1. The SMILES string of the molecule is CC(c1nnc(SCc2ccc(Cl)cc2)n1-c1ccc(F)cc1)N1CCCCC1. The molecule has 4 rings (SSSR count).